The average molecular weight is 193 g/mol. The highest BCUT2D eigenvalue weighted by Gasteiger charge is 2.22. The minimum absolute atomic E-state index is 0.308. The molecule has 2 heteroatoms. The average Bonchev–Trinajstić information content (AvgIpc) is 2.54. The lowest BCUT2D eigenvalue weighted by atomic mass is 10.1. The van der Waals surface area contributed by atoms with E-state index >= 15 is 0 Å². The zero-order valence-corrected chi connectivity index (χ0v) is 9.00. The van der Waals surface area contributed by atoms with Crippen LogP contribution in [0.2, 0.25) is 0 Å². The third-order valence-corrected chi connectivity index (χ3v) is 5.55. The molecule has 2 atom stereocenters. The van der Waals surface area contributed by atoms with Crippen molar-refractivity contribution in [3.8, 4) is 0 Å². The van der Waals surface area contributed by atoms with E-state index in [0.29, 0.717) is 7.92 Å². The zero-order chi connectivity index (χ0) is 9.10. The Morgan fingerprint density at radius 1 is 1.54 bits per heavy atom. The van der Waals surface area contributed by atoms with E-state index in [2.05, 4.69) is 23.8 Å². The number of nitrogens with zero attached hydrogens (tertiary/aromatic N) is 1. The molecule has 1 aromatic heterocycles. The largest absolute Gasteiger partial charge is 0.261 e. The molecule has 0 aliphatic carbocycles. The highest BCUT2D eigenvalue weighted by molar-refractivity contribution is 7.57. The van der Waals surface area contributed by atoms with E-state index in [1.807, 2.05) is 12.3 Å². The molecule has 1 aromatic rings. The highest BCUT2D eigenvalue weighted by atomic mass is 31.1. The Bertz CT molecular complexity index is 260. The van der Waals surface area contributed by atoms with Gasteiger partial charge in [0.25, 0.3) is 0 Å². The van der Waals surface area contributed by atoms with Gasteiger partial charge in [-0.25, -0.2) is 0 Å². The van der Waals surface area contributed by atoms with Crippen molar-refractivity contribution >= 4 is 7.92 Å². The highest BCUT2D eigenvalue weighted by Crippen LogP contribution is 2.47. The summed E-state index contributed by atoms with van der Waals surface area (Å²) in [6.07, 6.45) is 7.47. The van der Waals surface area contributed by atoms with E-state index in [1.54, 1.807) is 0 Å². The van der Waals surface area contributed by atoms with Gasteiger partial charge in [-0.3, -0.25) is 4.98 Å². The van der Waals surface area contributed by atoms with Crippen LogP contribution in [0.3, 0.4) is 0 Å². The molecule has 1 aliphatic heterocycles. The Morgan fingerprint density at radius 2 is 2.46 bits per heavy atom. The van der Waals surface area contributed by atoms with E-state index in [-0.39, 0.29) is 0 Å². The van der Waals surface area contributed by atoms with Gasteiger partial charge in [0.05, 0.1) is 0 Å². The lowest BCUT2D eigenvalue weighted by Crippen LogP contribution is -2.05. The van der Waals surface area contributed by atoms with Crippen LogP contribution in [0.15, 0.2) is 24.4 Å². The van der Waals surface area contributed by atoms with Crippen LogP contribution >= 0.6 is 7.92 Å². The van der Waals surface area contributed by atoms with Gasteiger partial charge in [-0.2, -0.15) is 0 Å². The Balaban J connectivity index is 1.98. The van der Waals surface area contributed by atoms with Gasteiger partial charge in [0.1, 0.15) is 0 Å². The van der Waals surface area contributed by atoms with Crippen molar-refractivity contribution in [3.63, 3.8) is 0 Å². The summed E-state index contributed by atoms with van der Waals surface area (Å²) in [5.74, 6) is 0. The van der Waals surface area contributed by atoms with Gasteiger partial charge in [0, 0.05) is 11.9 Å². The zero-order valence-electron chi connectivity index (χ0n) is 8.11. The summed E-state index contributed by atoms with van der Waals surface area (Å²) in [6.45, 7) is 2.44. The van der Waals surface area contributed by atoms with Gasteiger partial charge < -0.3 is 0 Å². The van der Waals surface area contributed by atoms with Crippen molar-refractivity contribution in [1.29, 1.82) is 0 Å². The molecule has 2 heterocycles. The third-order valence-electron chi connectivity index (χ3n) is 2.84. The molecule has 0 aromatic carbocycles. The molecule has 1 unspecified atom stereocenters. The number of pyridine rings is 1. The van der Waals surface area contributed by atoms with Crippen LogP contribution in [0.4, 0.5) is 0 Å². The fourth-order valence-corrected chi connectivity index (χ4v) is 4.17. The number of aromatic nitrogens is 1. The molecule has 1 fully saturated rings. The topological polar surface area (TPSA) is 12.9 Å². The van der Waals surface area contributed by atoms with Crippen LogP contribution in [-0.4, -0.2) is 23.5 Å². The summed E-state index contributed by atoms with van der Waals surface area (Å²) >= 11 is 0. The van der Waals surface area contributed by atoms with Crippen LogP contribution in [0.1, 0.15) is 18.5 Å². The lowest BCUT2D eigenvalue weighted by Gasteiger charge is -2.14. The normalized spacial score (nSPS) is 27.8. The molecule has 0 N–H and O–H groups in total. The molecule has 0 spiro atoms. The van der Waals surface area contributed by atoms with Crippen molar-refractivity contribution in [2.24, 2.45) is 0 Å². The Kier molecular flexibility index (Phi) is 2.95. The van der Waals surface area contributed by atoms with Gasteiger partial charge in [0.15, 0.2) is 0 Å². The smallest absolute Gasteiger partial charge is 0.0409 e. The molecule has 0 radical (unpaired) electrons. The van der Waals surface area contributed by atoms with Gasteiger partial charge >= 0.3 is 0 Å². The molecular weight excluding hydrogens is 177 g/mol. The summed E-state index contributed by atoms with van der Waals surface area (Å²) in [6, 6.07) is 6.24. The first-order chi connectivity index (χ1) is 6.36. The summed E-state index contributed by atoms with van der Waals surface area (Å²) in [4.78, 5) is 4.39. The second kappa shape index (κ2) is 4.19. The third kappa shape index (κ3) is 2.28. The molecule has 0 amide bonds. The minimum Gasteiger partial charge on any atom is -0.261 e. The van der Waals surface area contributed by atoms with Crippen molar-refractivity contribution < 1.29 is 0 Å². The standard InChI is InChI=1S/C11H16NP/c1-13-8-4-6-11(13)9-10-5-2-3-7-12-10/h2-3,5,7,11H,4,6,8-9H2,1H3/t11-,13?/m1/s1. The maximum Gasteiger partial charge on any atom is 0.0409 e. The van der Waals surface area contributed by atoms with E-state index < -0.39 is 0 Å². The number of hydrogen-bond donors (Lipinski definition) is 0. The Labute approximate surface area is 81.3 Å². The van der Waals surface area contributed by atoms with Crippen LogP contribution < -0.4 is 0 Å². The van der Waals surface area contributed by atoms with E-state index in [4.69, 9.17) is 0 Å². The molecule has 0 saturated carbocycles. The molecule has 1 nitrogen and oxygen atoms in total. The maximum atomic E-state index is 4.39. The second-order valence-electron chi connectivity index (χ2n) is 3.80. The molecule has 13 heavy (non-hydrogen) atoms. The van der Waals surface area contributed by atoms with Crippen molar-refractivity contribution in [2.75, 3.05) is 12.8 Å². The molecule has 1 aliphatic rings. The Hall–Kier alpha value is -0.420. The Morgan fingerprint density at radius 3 is 3.08 bits per heavy atom. The van der Waals surface area contributed by atoms with Crippen LogP contribution in [0.25, 0.3) is 0 Å². The predicted molar refractivity (Wildman–Crippen MR) is 58.7 cm³/mol. The summed E-state index contributed by atoms with van der Waals surface area (Å²) < 4.78 is 0. The molecular formula is C11H16NP. The number of hydrogen-bond acceptors (Lipinski definition) is 1. The number of rotatable bonds is 2. The van der Waals surface area contributed by atoms with Crippen molar-refractivity contribution in [1.82, 2.24) is 4.98 Å². The second-order valence-corrected chi connectivity index (χ2v) is 6.49. The molecule has 2 rings (SSSR count). The molecule has 0 bridgehead atoms. The quantitative estimate of drug-likeness (QED) is 0.658. The van der Waals surface area contributed by atoms with E-state index in [0.717, 1.165) is 5.66 Å². The minimum atomic E-state index is 0.308. The summed E-state index contributed by atoms with van der Waals surface area (Å²) in [7, 11) is 0.308. The summed E-state index contributed by atoms with van der Waals surface area (Å²) in [5.41, 5.74) is 2.23. The van der Waals surface area contributed by atoms with Gasteiger partial charge in [-0.15, -0.1) is 7.92 Å². The first kappa shape index (κ1) is 9.15. The van der Waals surface area contributed by atoms with Crippen LogP contribution in [0, 0.1) is 0 Å². The van der Waals surface area contributed by atoms with Gasteiger partial charge in [-0.05, 0) is 49.9 Å². The maximum absolute atomic E-state index is 4.39. The first-order valence-electron chi connectivity index (χ1n) is 4.96. The van der Waals surface area contributed by atoms with E-state index in [1.165, 1.54) is 31.1 Å². The fraction of sp³-hybridized carbons (Fsp3) is 0.545. The monoisotopic (exact) mass is 193 g/mol. The fourth-order valence-electron chi connectivity index (χ4n) is 2.00. The predicted octanol–water partition coefficient (Wildman–Crippen LogP) is 2.90. The van der Waals surface area contributed by atoms with Crippen LogP contribution in [-0.2, 0) is 6.42 Å². The van der Waals surface area contributed by atoms with E-state index in [9.17, 15) is 0 Å². The molecule has 70 valence electrons. The van der Waals surface area contributed by atoms with Gasteiger partial charge in [0.2, 0.25) is 0 Å². The van der Waals surface area contributed by atoms with Crippen LogP contribution in [0.5, 0.6) is 0 Å². The summed E-state index contributed by atoms with van der Waals surface area (Å²) in [5, 5.41) is 0. The lowest BCUT2D eigenvalue weighted by molar-refractivity contribution is 0.760. The van der Waals surface area contributed by atoms with Crippen molar-refractivity contribution in [3.05, 3.63) is 30.1 Å². The van der Waals surface area contributed by atoms with Gasteiger partial charge in [-0.1, -0.05) is 6.07 Å². The van der Waals surface area contributed by atoms with Crippen molar-refractivity contribution in [2.45, 2.75) is 24.9 Å². The SMILES string of the molecule is CP1CCC[C@@H]1Cc1ccccn1. The molecule has 1 saturated heterocycles. The first-order valence-corrected chi connectivity index (χ1v) is 7.01.